The van der Waals surface area contributed by atoms with Crippen LogP contribution in [0.1, 0.15) is 56.5 Å². The first-order valence-electron chi connectivity index (χ1n) is 11.6. The Bertz CT molecular complexity index is 1260. The number of nitrogens with zero attached hydrogens (tertiary/aromatic N) is 5. The fourth-order valence-corrected chi connectivity index (χ4v) is 6.51. The Morgan fingerprint density at radius 1 is 1.29 bits per heavy atom. The lowest BCUT2D eigenvalue weighted by molar-refractivity contribution is 0.177. The number of ether oxygens (including phenoxy) is 1. The van der Waals surface area contributed by atoms with Crippen molar-refractivity contribution in [3.8, 4) is 5.88 Å². The molecular weight excluding hydrogens is 516 g/mol. The van der Waals surface area contributed by atoms with E-state index >= 15 is 0 Å². The zero-order valence-electron chi connectivity index (χ0n) is 20.3. The van der Waals surface area contributed by atoms with E-state index in [1.807, 2.05) is 56.7 Å². The Balaban J connectivity index is 1.46. The van der Waals surface area contributed by atoms with E-state index in [4.69, 9.17) is 9.72 Å². The highest BCUT2D eigenvalue weighted by atomic mass is 79.9. The molecule has 1 aliphatic carbocycles. The highest BCUT2D eigenvalue weighted by molar-refractivity contribution is 9.10. The van der Waals surface area contributed by atoms with Crippen molar-refractivity contribution in [2.75, 3.05) is 25.1 Å². The standard InChI is InChI=1S/C24H31BrN6O2S/c1-15-21(25)31-18(6-9-27-31)22(28-15)30-10-7-24(8-11-30)13-16-14-26-19(33-5)12-17(16)20(24)29-34(32)23(2,3)4/h6,9,12,14,20,29H,7-8,10-11,13H2,1-5H3/t20-,34?/m1/s1. The van der Waals surface area contributed by atoms with Crippen molar-refractivity contribution in [2.24, 2.45) is 5.41 Å². The summed E-state index contributed by atoms with van der Waals surface area (Å²) >= 11 is 3.61. The second kappa shape index (κ2) is 8.57. The lowest BCUT2D eigenvalue weighted by Crippen LogP contribution is -2.48. The van der Waals surface area contributed by atoms with E-state index in [9.17, 15) is 4.21 Å². The van der Waals surface area contributed by atoms with Crippen LogP contribution in [-0.2, 0) is 17.4 Å². The second-order valence-electron chi connectivity index (χ2n) is 10.3. The van der Waals surface area contributed by atoms with Crippen LogP contribution in [-0.4, -0.2) is 48.7 Å². The van der Waals surface area contributed by atoms with Crippen LogP contribution in [0.2, 0.25) is 0 Å². The molecule has 1 N–H and O–H groups in total. The summed E-state index contributed by atoms with van der Waals surface area (Å²) in [6.45, 7) is 9.75. The number of anilines is 1. The number of methoxy groups -OCH3 is 1. The molecule has 8 nitrogen and oxygen atoms in total. The van der Waals surface area contributed by atoms with Crippen molar-refractivity contribution in [1.82, 2.24) is 24.3 Å². The summed E-state index contributed by atoms with van der Waals surface area (Å²) in [5.74, 6) is 1.56. The minimum Gasteiger partial charge on any atom is -0.481 e. The number of hydrogen-bond donors (Lipinski definition) is 1. The Hall–Kier alpha value is -2.04. The number of halogens is 1. The highest BCUT2D eigenvalue weighted by Crippen LogP contribution is 2.53. The predicted octanol–water partition coefficient (Wildman–Crippen LogP) is 4.14. The van der Waals surface area contributed by atoms with Gasteiger partial charge in [0.05, 0.1) is 40.8 Å². The molecule has 5 rings (SSSR count). The Labute approximate surface area is 211 Å². The van der Waals surface area contributed by atoms with Gasteiger partial charge in [-0.05, 0) is 85.5 Å². The molecule has 4 heterocycles. The molecule has 2 aliphatic rings. The zero-order chi connectivity index (χ0) is 24.3. The van der Waals surface area contributed by atoms with Crippen LogP contribution >= 0.6 is 15.9 Å². The molecule has 3 aromatic heterocycles. The Kier molecular flexibility index (Phi) is 5.97. The average molecular weight is 548 g/mol. The number of rotatable bonds is 4. The maximum absolute atomic E-state index is 13.2. The summed E-state index contributed by atoms with van der Waals surface area (Å²) in [6, 6.07) is 4.01. The van der Waals surface area contributed by atoms with E-state index in [-0.39, 0.29) is 16.2 Å². The summed E-state index contributed by atoms with van der Waals surface area (Å²) < 4.78 is 24.6. The molecule has 1 spiro atoms. The SMILES string of the molecule is COc1cc2c(cn1)CC1(CCN(c3nc(C)c(Br)n4nccc34)CC1)[C@@H]2NS(=O)C(C)(C)C. The molecule has 0 saturated carbocycles. The van der Waals surface area contributed by atoms with E-state index in [0.717, 1.165) is 59.5 Å². The van der Waals surface area contributed by atoms with Crippen LogP contribution in [0, 0.1) is 12.3 Å². The van der Waals surface area contributed by atoms with Gasteiger partial charge in [0.1, 0.15) is 10.1 Å². The first kappa shape index (κ1) is 23.7. The maximum atomic E-state index is 13.2. The van der Waals surface area contributed by atoms with Gasteiger partial charge in [-0.3, -0.25) is 0 Å². The fraction of sp³-hybridized carbons (Fsp3) is 0.542. The van der Waals surface area contributed by atoms with Gasteiger partial charge in [0, 0.05) is 25.4 Å². The number of pyridine rings is 1. The number of hydrogen-bond acceptors (Lipinski definition) is 6. The van der Waals surface area contributed by atoms with Gasteiger partial charge < -0.3 is 9.64 Å². The smallest absolute Gasteiger partial charge is 0.213 e. The third-order valence-electron chi connectivity index (χ3n) is 7.14. The summed E-state index contributed by atoms with van der Waals surface area (Å²) in [4.78, 5) is 11.7. The van der Waals surface area contributed by atoms with Gasteiger partial charge in [-0.1, -0.05) is 0 Å². The third kappa shape index (κ3) is 3.93. The van der Waals surface area contributed by atoms with Crippen molar-refractivity contribution in [3.05, 3.63) is 46.0 Å². The van der Waals surface area contributed by atoms with E-state index in [2.05, 4.69) is 35.6 Å². The molecule has 1 aliphatic heterocycles. The predicted molar refractivity (Wildman–Crippen MR) is 138 cm³/mol. The van der Waals surface area contributed by atoms with Crippen molar-refractivity contribution in [1.29, 1.82) is 0 Å². The molecule has 0 radical (unpaired) electrons. The zero-order valence-corrected chi connectivity index (χ0v) is 22.7. The van der Waals surface area contributed by atoms with Gasteiger partial charge >= 0.3 is 0 Å². The molecule has 10 heteroatoms. The largest absolute Gasteiger partial charge is 0.481 e. The first-order chi connectivity index (χ1) is 16.1. The third-order valence-corrected chi connectivity index (χ3v) is 9.61. The molecule has 0 bridgehead atoms. The fourth-order valence-electron chi connectivity index (χ4n) is 5.20. The Morgan fingerprint density at radius 3 is 2.71 bits per heavy atom. The quantitative estimate of drug-likeness (QED) is 0.529. The van der Waals surface area contributed by atoms with Crippen LogP contribution < -0.4 is 14.4 Å². The molecule has 0 amide bonds. The molecule has 1 fully saturated rings. The lowest BCUT2D eigenvalue weighted by Gasteiger charge is -2.44. The summed E-state index contributed by atoms with van der Waals surface area (Å²) in [7, 11) is 0.449. The van der Waals surface area contributed by atoms with E-state index < -0.39 is 11.0 Å². The number of piperidine rings is 1. The van der Waals surface area contributed by atoms with Crippen LogP contribution in [0.3, 0.4) is 0 Å². The molecule has 182 valence electrons. The van der Waals surface area contributed by atoms with Gasteiger partial charge in [0.15, 0.2) is 5.82 Å². The first-order valence-corrected chi connectivity index (χ1v) is 13.5. The molecule has 1 unspecified atom stereocenters. The monoisotopic (exact) mass is 546 g/mol. The van der Waals surface area contributed by atoms with E-state index in [1.54, 1.807) is 7.11 Å². The minimum absolute atomic E-state index is 0.0174. The van der Waals surface area contributed by atoms with Gasteiger partial charge in [-0.25, -0.2) is 23.4 Å². The van der Waals surface area contributed by atoms with Crippen LogP contribution in [0.5, 0.6) is 5.88 Å². The van der Waals surface area contributed by atoms with Gasteiger partial charge in [-0.15, -0.1) is 0 Å². The summed E-state index contributed by atoms with van der Waals surface area (Å²) in [6.07, 6.45) is 6.58. The molecule has 1 saturated heterocycles. The molecule has 2 atom stereocenters. The summed E-state index contributed by atoms with van der Waals surface area (Å²) in [5.41, 5.74) is 4.26. The molecule has 34 heavy (non-hydrogen) atoms. The van der Waals surface area contributed by atoms with Crippen molar-refractivity contribution in [2.45, 2.75) is 57.7 Å². The topological polar surface area (TPSA) is 84.7 Å². The van der Waals surface area contributed by atoms with Crippen molar-refractivity contribution in [3.63, 3.8) is 0 Å². The van der Waals surface area contributed by atoms with Gasteiger partial charge in [-0.2, -0.15) is 5.10 Å². The van der Waals surface area contributed by atoms with Gasteiger partial charge in [0.2, 0.25) is 5.88 Å². The lowest BCUT2D eigenvalue weighted by atomic mass is 9.73. The van der Waals surface area contributed by atoms with Crippen molar-refractivity contribution < 1.29 is 8.95 Å². The van der Waals surface area contributed by atoms with Crippen LogP contribution in [0.4, 0.5) is 5.82 Å². The maximum Gasteiger partial charge on any atom is 0.213 e. The highest BCUT2D eigenvalue weighted by Gasteiger charge is 2.49. The number of nitrogens with one attached hydrogen (secondary N) is 1. The number of aryl methyl sites for hydroxylation is 1. The normalized spacial score (nSPS) is 20.6. The van der Waals surface area contributed by atoms with Crippen LogP contribution in [0.15, 0.2) is 29.1 Å². The Morgan fingerprint density at radius 2 is 2.03 bits per heavy atom. The van der Waals surface area contributed by atoms with Gasteiger partial charge in [0.25, 0.3) is 0 Å². The minimum atomic E-state index is -1.19. The van der Waals surface area contributed by atoms with E-state index in [0.29, 0.717) is 5.88 Å². The van der Waals surface area contributed by atoms with E-state index in [1.165, 1.54) is 5.56 Å². The molecule has 3 aromatic rings. The van der Waals surface area contributed by atoms with Crippen LogP contribution in [0.25, 0.3) is 5.52 Å². The molecule has 0 aromatic carbocycles. The summed E-state index contributed by atoms with van der Waals surface area (Å²) in [5, 5.41) is 4.46. The second-order valence-corrected chi connectivity index (χ2v) is 13.1. The molecular formula is C24H31BrN6O2S. The van der Waals surface area contributed by atoms with Crippen molar-refractivity contribution >= 4 is 38.3 Å². The number of fused-ring (bicyclic) bond motifs is 2. The number of aromatic nitrogens is 4. The average Bonchev–Trinajstić information content (AvgIpc) is 3.40.